The number of ether oxygens (including phenoxy) is 1. The molecule has 0 aliphatic carbocycles. The molecule has 6 heteroatoms. The minimum absolute atomic E-state index is 0.0607. The molecule has 0 N–H and O–H groups in total. The van der Waals surface area contributed by atoms with Crippen molar-refractivity contribution in [2.45, 2.75) is 19.8 Å². The second kappa shape index (κ2) is 6.06. The maximum atomic E-state index is 13.0. The van der Waals surface area contributed by atoms with Crippen LogP contribution in [0.2, 0.25) is 0 Å². The van der Waals surface area contributed by atoms with Crippen LogP contribution < -0.4 is 4.74 Å². The monoisotopic (exact) mass is 328 g/mol. The van der Waals surface area contributed by atoms with E-state index in [1.54, 1.807) is 6.07 Å². The Morgan fingerprint density at radius 2 is 1.79 bits per heavy atom. The van der Waals surface area contributed by atoms with E-state index in [2.05, 4.69) is 25.9 Å². The summed E-state index contributed by atoms with van der Waals surface area (Å²) < 4.78 is 32.0. The van der Waals surface area contributed by atoms with Crippen molar-refractivity contribution in [2.24, 2.45) is 0 Å². The second-order valence-corrected chi connectivity index (χ2v) is 4.71. The van der Waals surface area contributed by atoms with Crippen LogP contribution >= 0.6 is 15.9 Å². The maximum absolute atomic E-state index is 13.0. The highest BCUT2D eigenvalue weighted by Gasteiger charge is 2.07. The average Bonchev–Trinajstić information content (AvgIpc) is 2.26. The Balaban J connectivity index is 2.27. The first-order chi connectivity index (χ1) is 9.06. The van der Waals surface area contributed by atoms with Crippen molar-refractivity contribution >= 4 is 15.9 Å². The van der Waals surface area contributed by atoms with Gasteiger partial charge < -0.3 is 4.74 Å². The summed E-state index contributed by atoms with van der Waals surface area (Å²) in [6.45, 7) is 2.01. The number of aromatic nitrogens is 2. The largest absolute Gasteiger partial charge is 0.439 e. The smallest absolute Gasteiger partial charge is 0.223 e. The first kappa shape index (κ1) is 13.9. The average molecular weight is 329 g/mol. The molecule has 0 radical (unpaired) electrons. The van der Waals surface area contributed by atoms with E-state index in [4.69, 9.17) is 4.74 Å². The van der Waals surface area contributed by atoms with Crippen LogP contribution in [-0.4, -0.2) is 9.97 Å². The number of aryl methyl sites for hydroxylation is 1. The molecule has 0 spiro atoms. The van der Waals surface area contributed by atoms with Gasteiger partial charge in [0.1, 0.15) is 27.8 Å². The molecule has 3 nitrogen and oxygen atoms in total. The van der Waals surface area contributed by atoms with Gasteiger partial charge in [-0.25, -0.2) is 13.8 Å². The van der Waals surface area contributed by atoms with E-state index in [1.807, 2.05) is 6.92 Å². The normalized spacial score (nSPS) is 10.5. The maximum Gasteiger partial charge on any atom is 0.223 e. The summed E-state index contributed by atoms with van der Waals surface area (Å²) >= 11 is 3.25. The predicted octanol–water partition coefficient (Wildman–Crippen LogP) is 4.26. The van der Waals surface area contributed by atoms with Gasteiger partial charge in [0, 0.05) is 30.7 Å². The molecule has 2 aromatic rings. The van der Waals surface area contributed by atoms with E-state index in [0.29, 0.717) is 16.8 Å². The Morgan fingerprint density at radius 1 is 1.11 bits per heavy atom. The van der Waals surface area contributed by atoms with E-state index >= 15 is 0 Å². The number of hydrogen-bond acceptors (Lipinski definition) is 3. The van der Waals surface area contributed by atoms with Crippen LogP contribution in [0.5, 0.6) is 11.6 Å². The van der Waals surface area contributed by atoms with Crippen LogP contribution in [0.15, 0.2) is 28.9 Å². The Kier molecular flexibility index (Phi) is 4.42. The van der Waals surface area contributed by atoms with E-state index in [-0.39, 0.29) is 11.6 Å². The standard InChI is InChI=1S/C13H11BrF2N2O/c1-2-3-12-17-11(14)7-13(18-12)19-10-5-8(15)4-9(16)6-10/h4-7H,2-3H2,1H3. The van der Waals surface area contributed by atoms with Gasteiger partial charge in [-0.2, -0.15) is 4.98 Å². The van der Waals surface area contributed by atoms with Gasteiger partial charge in [-0.1, -0.05) is 6.92 Å². The molecule has 1 heterocycles. The lowest BCUT2D eigenvalue weighted by atomic mass is 10.3. The highest BCUT2D eigenvalue weighted by atomic mass is 79.9. The molecule has 19 heavy (non-hydrogen) atoms. The third-order valence-corrected chi connectivity index (χ3v) is 2.66. The Morgan fingerprint density at radius 3 is 2.42 bits per heavy atom. The van der Waals surface area contributed by atoms with E-state index in [1.165, 1.54) is 0 Å². The molecular weight excluding hydrogens is 318 g/mol. The van der Waals surface area contributed by atoms with Gasteiger partial charge in [-0.15, -0.1) is 0 Å². The molecule has 0 aliphatic heterocycles. The Hall–Kier alpha value is -1.56. The van der Waals surface area contributed by atoms with E-state index in [0.717, 1.165) is 24.6 Å². The van der Waals surface area contributed by atoms with Gasteiger partial charge in [0.2, 0.25) is 5.88 Å². The summed E-state index contributed by atoms with van der Waals surface area (Å²) in [6.07, 6.45) is 1.60. The summed E-state index contributed by atoms with van der Waals surface area (Å²) in [6, 6.07) is 4.52. The Labute approximate surface area is 117 Å². The number of nitrogens with zero attached hydrogens (tertiary/aromatic N) is 2. The van der Waals surface area contributed by atoms with Gasteiger partial charge in [0.15, 0.2) is 0 Å². The van der Waals surface area contributed by atoms with Crippen molar-refractivity contribution in [3.05, 3.63) is 46.3 Å². The fourth-order valence-corrected chi connectivity index (χ4v) is 1.94. The molecule has 0 fully saturated rings. The number of halogens is 3. The summed E-state index contributed by atoms with van der Waals surface area (Å²) in [7, 11) is 0. The molecule has 0 unspecified atom stereocenters. The zero-order valence-electron chi connectivity index (χ0n) is 10.2. The van der Waals surface area contributed by atoms with Gasteiger partial charge in [-0.05, 0) is 22.4 Å². The highest BCUT2D eigenvalue weighted by Crippen LogP contribution is 2.23. The zero-order valence-corrected chi connectivity index (χ0v) is 11.7. The van der Waals surface area contributed by atoms with Gasteiger partial charge in [-0.3, -0.25) is 0 Å². The molecular formula is C13H11BrF2N2O. The first-order valence-corrected chi connectivity index (χ1v) is 6.53. The third kappa shape index (κ3) is 3.96. The summed E-state index contributed by atoms with van der Waals surface area (Å²) in [5.74, 6) is -0.474. The fourth-order valence-electron chi connectivity index (χ4n) is 1.54. The SMILES string of the molecule is CCCc1nc(Br)cc(Oc2cc(F)cc(F)c2)n1. The fraction of sp³-hybridized carbons (Fsp3) is 0.231. The van der Waals surface area contributed by atoms with Gasteiger partial charge >= 0.3 is 0 Å². The zero-order chi connectivity index (χ0) is 13.8. The molecule has 1 aromatic carbocycles. The molecule has 0 bridgehead atoms. The van der Waals surface area contributed by atoms with Crippen LogP contribution in [0.25, 0.3) is 0 Å². The van der Waals surface area contributed by atoms with Gasteiger partial charge in [0.05, 0.1) is 0 Å². The van der Waals surface area contributed by atoms with Crippen molar-refractivity contribution in [2.75, 3.05) is 0 Å². The molecule has 100 valence electrons. The van der Waals surface area contributed by atoms with Crippen molar-refractivity contribution in [3.63, 3.8) is 0 Å². The minimum Gasteiger partial charge on any atom is -0.439 e. The lowest BCUT2D eigenvalue weighted by molar-refractivity contribution is 0.447. The quantitative estimate of drug-likeness (QED) is 0.786. The number of rotatable bonds is 4. The second-order valence-electron chi connectivity index (χ2n) is 3.90. The van der Waals surface area contributed by atoms with Crippen LogP contribution in [0.3, 0.4) is 0 Å². The van der Waals surface area contributed by atoms with Crippen LogP contribution in [0, 0.1) is 11.6 Å². The first-order valence-electron chi connectivity index (χ1n) is 5.74. The number of benzene rings is 1. The lowest BCUT2D eigenvalue weighted by Gasteiger charge is -2.07. The van der Waals surface area contributed by atoms with Crippen LogP contribution in [0.1, 0.15) is 19.2 Å². The molecule has 0 aliphatic rings. The molecule has 0 atom stereocenters. The summed E-state index contributed by atoms with van der Waals surface area (Å²) in [5, 5.41) is 0. The van der Waals surface area contributed by atoms with E-state index in [9.17, 15) is 8.78 Å². The van der Waals surface area contributed by atoms with Crippen molar-refractivity contribution < 1.29 is 13.5 Å². The minimum atomic E-state index is -0.697. The molecule has 1 aromatic heterocycles. The third-order valence-electron chi connectivity index (χ3n) is 2.25. The summed E-state index contributed by atoms with van der Waals surface area (Å²) in [4.78, 5) is 8.35. The number of hydrogen-bond donors (Lipinski definition) is 0. The molecule has 2 rings (SSSR count). The molecule has 0 amide bonds. The van der Waals surface area contributed by atoms with Crippen LogP contribution in [-0.2, 0) is 6.42 Å². The van der Waals surface area contributed by atoms with E-state index < -0.39 is 11.6 Å². The lowest BCUT2D eigenvalue weighted by Crippen LogP contribution is -1.98. The van der Waals surface area contributed by atoms with Gasteiger partial charge in [0.25, 0.3) is 0 Å². The molecule has 0 saturated carbocycles. The van der Waals surface area contributed by atoms with Crippen molar-refractivity contribution in [3.8, 4) is 11.6 Å². The van der Waals surface area contributed by atoms with Crippen molar-refractivity contribution in [1.82, 2.24) is 9.97 Å². The Bertz CT molecular complexity index is 573. The van der Waals surface area contributed by atoms with Crippen LogP contribution in [0.4, 0.5) is 8.78 Å². The predicted molar refractivity (Wildman–Crippen MR) is 70.2 cm³/mol. The molecule has 0 saturated heterocycles. The summed E-state index contributed by atoms with van der Waals surface area (Å²) in [5.41, 5.74) is 0. The van der Waals surface area contributed by atoms with Crippen molar-refractivity contribution in [1.29, 1.82) is 0 Å². The highest BCUT2D eigenvalue weighted by molar-refractivity contribution is 9.10. The topological polar surface area (TPSA) is 35.0 Å².